The SMILES string of the molecule is Cc1c[nH]c2c(O)cc3c(c12)CCN3C(=O)c1cc2cc(NC(=O)c3cc4ccccc4[nH]3)ccc2[nH]1. The molecule has 0 aliphatic carbocycles. The van der Waals surface area contributed by atoms with Crippen LogP contribution >= 0.6 is 0 Å². The van der Waals surface area contributed by atoms with Crippen LogP contribution in [0.5, 0.6) is 5.75 Å². The van der Waals surface area contributed by atoms with Crippen molar-refractivity contribution in [2.75, 3.05) is 16.8 Å². The summed E-state index contributed by atoms with van der Waals surface area (Å²) < 4.78 is 0. The van der Waals surface area contributed by atoms with E-state index in [0.717, 1.165) is 50.4 Å². The number of aromatic hydroxyl groups is 1. The third-order valence-corrected chi connectivity index (χ3v) is 7.22. The van der Waals surface area contributed by atoms with E-state index in [1.54, 1.807) is 17.0 Å². The highest BCUT2D eigenvalue weighted by Gasteiger charge is 2.30. The van der Waals surface area contributed by atoms with Crippen LogP contribution in [0.15, 0.2) is 66.9 Å². The Morgan fingerprint density at radius 3 is 2.59 bits per heavy atom. The van der Waals surface area contributed by atoms with E-state index in [9.17, 15) is 14.7 Å². The number of phenols is 1. The fourth-order valence-corrected chi connectivity index (χ4v) is 5.44. The first-order chi connectivity index (χ1) is 18.0. The number of amides is 2. The lowest BCUT2D eigenvalue weighted by Crippen LogP contribution is -2.29. The molecule has 6 aromatic rings. The highest BCUT2D eigenvalue weighted by molar-refractivity contribution is 6.11. The fourth-order valence-electron chi connectivity index (χ4n) is 5.44. The van der Waals surface area contributed by atoms with E-state index < -0.39 is 0 Å². The molecule has 5 N–H and O–H groups in total. The van der Waals surface area contributed by atoms with Crippen LogP contribution in [0.1, 0.15) is 32.1 Å². The number of rotatable bonds is 3. The van der Waals surface area contributed by atoms with Gasteiger partial charge in [0, 0.05) is 51.7 Å². The van der Waals surface area contributed by atoms with Crippen LogP contribution in [0.2, 0.25) is 0 Å². The van der Waals surface area contributed by atoms with E-state index in [-0.39, 0.29) is 17.6 Å². The third kappa shape index (κ3) is 3.30. The number of carbonyl (C=O) groups excluding carboxylic acids is 2. The molecular formula is C29H23N5O3. The van der Waals surface area contributed by atoms with Gasteiger partial charge in [-0.25, -0.2) is 0 Å². The van der Waals surface area contributed by atoms with Gasteiger partial charge in [-0.15, -0.1) is 0 Å². The molecule has 0 unspecified atom stereocenters. The molecule has 0 bridgehead atoms. The summed E-state index contributed by atoms with van der Waals surface area (Å²) in [5, 5.41) is 16.3. The number of nitrogens with zero attached hydrogens (tertiary/aromatic N) is 1. The van der Waals surface area contributed by atoms with E-state index in [4.69, 9.17) is 0 Å². The molecule has 0 spiro atoms. The Labute approximate surface area is 210 Å². The standard InChI is InChI=1S/C29H23N5O3/c1-15-14-30-27-25(35)13-24-19(26(15)27)8-9-34(24)29(37)23-12-17-10-18(6-7-21(17)33-23)31-28(36)22-11-16-4-2-3-5-20(16)32-22/h2-7,10-14,30,32-33,35H,8-9H2,1H3,(H,31,36). The largest absolute Gasteiger partial charge is 0.506 e. The topological polar surface area (TPSA) is 117 Å². The molecule has 3 aromatic heterocycles. The monoisotopic (exact) mass is 489 g/mol. The van der Waals surface area contributed by atoms with Gasteiger partial charge in [0.15, 0.2) is 0 Å². The maximum absolute atomic E-state index is 13.5. The second-order valence-corrected chi connectivity index (χ2v) is 9.53. The number of nitrogens with one attached hydrogen (secondary N) is 4. The van der Waals surface area contributed by atoms with Gasteiger partial charge in [-0.1, -0.05) is 18.2 Å². The van der Waals surface area contributed by atoms with Gasteiger partial charge >= 0.3 is 0 Å². The van der Waals surface area contributed by atoms with E-state index >= 15 is 0 Å². The highest BCUT2D eigenvalue weighted by Crippen LogP contribution is 2.41. The lowest BCUT2D eigenvalue weighted by molar-refractivity contribution is 0.0983. The van der Waals surface area contributed by atoms with Crippen molar-refractivity contribution in [1.29, 1.82) is 0 Å². The molecular weight excluding hydrogens is 466 g/mol. The van der Waals surface area contributed by atoms with Crippen LogP contribution in [0.4, 0.5) is 11.4 Å². The molecule has 8 nitrogen and oxygen atoms in total. The summed E-state index contributed by atoms with van der Waals surface area (Å²) >= 11 is 0. The molecule has 0 atom stereocenters. The van der Waals surface area contributed by atoms with Gasteiger partial charge < -0.3 is 30.3 Å². The van der Waals surface area contributed by atoms with Crippen LogP contribution in [0.3, 0.4) is 0 Å². The maximum Gasteiger partial charge on any atom is 0.274 e. The highest BCUT2D eigenvalue weighted by atomic mass is 16.3. The van der Waals surface area contributed by atoms with Gasteiger partial charge in [0.05, 0.1) is 11.2 Å². The Morgan fingerprint density at radius 2 is 1.73 bits per heavy atom. The van der Waals surface area contributed by atoms with Crippen molar-refractivity contribution >= 4 is 55.9 Å². The number of hydrogen-bond donors (Lipinski definition) is 5. The minimum atomic E-state index is -0.234. The summed E-state index contributed by atoms with van der Waals surface area (Å²) in [5.74, 6) is -0.263. The summed E-state index contributed by atoms with van der Waals surface area (Å²) in [5.41, 5.74) is 6.83. The minimum Gasteiger partial charge on any atom is -0.506 e. The van der Waals surface area contributed by atoms with Gasteiger partial charge in [0.25, 0.3) is 11.8 Å². The molecule has 4 heterocycles. The van der Waals surface area contributed by atoms with E-state index in [2.05, 4.69) is 20.3 Å². The van der Waals surface area contributed by atoms with Crippen molar-refractivity contribution in [2.24, 2.45) is 0 Å². The molecule has 37 heavy (non-hydrogen) atoms. The number of aryl methyl sites for hydroxylation is 1. The van der Waals surface area contributed by atoms with Gasteiger partial charge in [-0.05, 0) is 60.9 Å². The molecule has 182 valence electrons. The molecule has 7 rings (SSSR count). The molecule has 0 saturated heterocycles. The zero-order valence-corrected chi connectivity index (χ0v) is 20.0. The second-order valence-electron chi connectivity index (χ2n) is 9.53. The van der Waals surface area contributed by atoms with Crippen LogP contribution in [0.25, 0.3) is 32.7 Å². The number of anilines is 2. The van der Waals surface area contributed by atoms with Crippen LogP contribution in [0, 0.1) is 6.92 Å². The molecule has 2 amide bonds. The predicted molar refractivity (Wildman–Crippen MR) is 145 cm³/mol. The molecule has 1 aliphatic rings. The fraction of sp³-hybridized carbons (Fsp3) is 0.103. The van der Waals surface area contributed by atoms with Crippen molar-refractivity contribution in [1.82, 2.24) is 15.0 Å². The first-order valence-electron chi connectivity index (χ1n) is 12.1. The first-order valence-corrected chi connectivity index (χ1v) is 12.1. The number of aromatic amines is 3. The average molecular weight is 490 g/mol. The number of benzene rings is 3. The minimum absolute atomic E-state index is 0.133. The van der Waals surface area contributed by atoms with Gasteiger partial charge in [-0.3, -0.25) is 9.59 Å². The smallest absolute Gasteiger partial charge is 0.274 e. The van der Waals surface area contributed by atoms with E-state index in [1.165, 1.54) is 0 Å². The zero-order valence-electron chi connectivity index (χ0n) is 20.0. The Balaban J connectivity index is 1.17. The molecule has 0 fully saturated rings. The molecule has 8 heteroatoms. The predicted octanol–water partition coefficient (Wildman–Crippen LogP) is 5.60. The molecule has 3 aromatic carbocycles. The number of carbonyl (C=O) groups is 2. The molecule has 0 radical (unpaired) electrons. The second kappa shape index (κ2) is 7.76. The summed E-state index contributed by atoms with van der Waals surface area (Å²) in [6, 6.07) is 18.5. The zero-order chi connectivity index (χ0) is 25.3. The van der Waals surface area contributed by atoms with Crippen LogP contribution < -0.4 is 10.2 Å². The molecule has 0 saturated carbocycles. The van der Waals surface area contributed by atoms with Gasteiger partial charge in [-0.2, -0.15) is 0 Å². The van der Waals surface area contributed by atoms with E-state index in [0.29, 0.717) is 29.1 Å². The van der Waals surface area contributed by atoms with Crippen molar-refractivity contribution in [3.63, 3.8) is 0 Å². The third-order valence-electron chi connectivity index (χ3n) is 7.22. The number of phenolic OH excluding ortho intramolecular Hbond substituents is 1. The Morgan fingerprint density at radius 1 is 0.946 bits per heavy atom. The van der Waals surface area contributed by atoms with Gasteiger partial charge in [0.1, 0.15) is 17.1 Å². The number of aromatic nitrogens is 3. The number of hydrogen-bond acceptors (Lipinski definition) is 3. The number of fused-ring (bicyclic) bond motifs is 5. The van der Waals surface area contributed by atoms with E-state index in [1.807, 2.05) is 61.7 Å². The lowest BCUT2D eigenvalue weighted by atomic mass is 10.0. The number of H-pyrrole nitrogens is 3. The Kier molecular flexibility index (Phi) is 4.47. The maximum atomic E-state index is 13.5. The normalized spacial score (nSPS) is 13.1. The van der Waals surface area contributed by atoms with Crippen molar-refractivity contribution < 1.29 is 14.7 Å². The first kappa shape index (κ1) is 21.3. The average Bonchev–Trinajstić information content (AvgIpc) is 3.67. The summed E-state index contributed by atoms with van der Waals surface area (Å²) in [6.45, 7) is 2.54. The van der Waals surface area contributed by atoms with Crippen molar-refractivity contribution in [2.45, 2.75) is 13.3 Å². The lowest BCUT2D eigenvalue weighted by Gasteiger charge is -2.17. The quantitative estimate of drug-likeness (QED) is 0.223. The van der Waals surface area contributed by atoms with Crippen molar-refractivity contribution in [3.05, 3.63) is 89.4 Å². The molecule has 1 aliphatic heterocycles. The summed E-state index contributed by atoms with van der Waals surface area (Å²) in [7, 11) is 0. The summed E-state index contributed by atoms with van der Waals surface area (Å²) in [4.78, 5) is 37.5. The van der Waals surface area contributed by atoms with Gasteiger partial charge in [0.2, 0.25) is 0 Å². The Bertz CT molecular complexity index is 1860. The summed E-state index contributed by atoms with van der Waals surface area (Å²) in [6.07, 6.45) is 2.60. The van der Waals surface area contributed by atoms with Crippen LogP contribution in [-0.2, 0) is 6.42 Å². The van der Waals surface area contributed by atoms with Crippen LogP contribution in [-0.4, -0.2) is 38.4 Å². The number of para-hydroxylation sites is 1. The van der Waals surface area contributed by atoms with Crippen molar-refractivity contribution in [3.8, 4) is 5.75 Å². The Hall–Kier alpha value is -4.98.